The van der Waals surface area contributed by atoms with Crippen molar-refractivity contribution in [2.45, 2.75) is 18.9 Å². The van der Waals surface area contributed by atoms with E-state index in [0.29, 0.717) is 10.8 Å². The second kappa shape index (κ2) is 3.88. The number of aromatic amines is 1. The van der Waals surface area contributed by atoms with Gasteiger partial charge in [0.15, 0.2) is 10.6 Å². The lowest BCUT2D eigenvalue weighted by atomic mass is 10.2. The van der Waals surface area contributed by atoms with Crippen LogP contribution in [0.5, 0.6) is 0 Å². The van der Waals surface area contributed by atoms with Gasteiger partial charge in [-0.05, 0) is 37.2 Å². The van der Waals surface area contributed by atoms with Crippen LogP contribution < -0.4 is 5.73 Å². The molecule has 0 unspecified atom stereocenters. The van der Waals surface area contributed by atoms with E-state index in [1.165, 1.54) is 0 Å². The molecule has 4 rings (SSSR count). The number of fused-ring (bicyclic) bond motifs is 1. The number of pyridine rings is 1. The molecule has 5 nitrogen and oxygen atoms in total. The Balaban J connectivity index is 2.00. The predicted molar refractivity (Wildman–Crippen MR) is 78.7 cm³/mol. The van der Waals surface area contributed by atoms with Gasteiger partial charge < -0.3 is 5.73 Å². The van der Waals surface area contributed by atoms with Crippen molar-refractivity contribution in [2.75, 3.05) is 5.73 Å². The summed E-state index contributed by atoms with van der Waals surface area (Å²) in [6.07, 6.45) is 4.09. The van der Waals surface area contributed by atoms with E-state index < -0.39 is 0 Å². The van der Waals surface area contributed by atoms with Crippen LogP contribution in [0.25, 0.3) is 20.9 Å². The molecule has 3 aromatic heterocycles. The van der Waals surface area contributed by atoms with Crippen molar-refractivity contribution < 1.29 is 0 Å². The van der Waals surface area contributed by atoms with Gasteiger partial charge in [-0.1, -0.05) is 0 Å². The number of nitrogens with zero attached hydrogens (tertiary/aromatic N) is 3. The maximum Gasteiger partial charge on any atom is 0.195 e. The number of anilines is 1. The summed E-state index contributed by atoms with van der Waals surface area (Å²) >= 11 is 6.87. The summed E-state index contributed by atoms with van der Waals surface area (Å²) in [5, 5.41) is 8.21. The number of nitrogens with two attached hydrogens (primary N) is 1. The van der Waals surface area contributed by atoms with Crippen molar-refractivity contribution in [2.24, 2.45) is 0 Å². The van der Waals surface area contributed by atoms with E-state index >= 15 is 0 Å². The van der Waals surface area contributed by atoms with Gasteiger partial charge in [0.2, 0.25) is 0 Å². The highest BCUT2D eigenvalue weighted by Gasteiger charge is 2.29. The van der Waals surface area contributed by atoms with Crippen molar-refractivity contribution >= 4 is 39.5 Å². The lowest BCUT2D eigenvalue weighted by molar-refractivity contribution is 0.736. The van der Waals surface area contributed by atoms with Gasteiger partial charge in [-0.15, -0.1) is 11.3 Å². The van der Waals surface area contributed by atoms with E-state index in [-0.39, 0.29) is 0 Å². The molecule has 3 N–H and O–H groups in total. The van der Waals surface area contributed by atoms with Gasteiger partial charge in [-0.2, -0.15) is 5.10 Å². The zero-order chi connectivity index (χ0) is 13.0. The zero-order valence-electron chi connectivity index (χ0n) is 9.96. The maximum atomic E-state index is 6.24. The third-order valence-corrected chi connectivity index (χ3v) is 4.74. The molecule has 1 fully saturated rings. The smallest absolute Gasteiger partial charge is 0.195 e. The van der Waals surface area contributed by atoms with Crippen LogP contribution in [0.2, 0.25) is 0 Å². The number of H-pyrrole nitrogens is 1. The Hall–Kier alpha value is -1.73. The number of thiophene rings is 1. The average molecular weight is 289 g/mol. The first kappa shape index (κ1) is 11.1. The molecule has 3 aromatic rings. The minimum atomic E-state index is 0.471. The number of hydrogen-bond acceptors (Lipinski definition) is 5. The molecule has 1 aliphatic carbocycles. The van der Waals surface area contributed by atoms with E-state index in [2.05, 4.69) is 19.7 Å². The van der Waals surface area contributed by atoms with Crippen LogP contribution >= 0.6 is 23.6 Å². The first-order chi connectivity index (χ1) is 9.25. The van der Waals surface area contributed by atoms with E-state index in [4.69, 9.17) is 18.0 Å². The Morgan fingerprint density at radius 1 is 1.47 bits per heavy atom. The molecule has 0 atom stereocenters. The van der Waals surface area contributed by atoms with E-state index in [1.807, 2.05) is 12.1 Å². The van der Waals surface area contributed by atoms with E-state index in [9.17, 15) is 0 Å². The van der Waals surface area contributed by atoms with E-state index in [1.54, 1.807) is 17.5 Å². The standard InChI is InChI=1S/C12H11N5S2/c13-8-7-2-1-5-14-11(7)19-9(8)10-15-16-12(18)17(10)6-3-4-6/h1-2,5-6H,3-4,13H2,(H,16,18). The number of hydrogen-bond donors (Lipinski definition) is 2. The molecule has 7 heteroatoms. The van der Waals surface area contributed by atoms with Crippen LogP contribution in [0.1, 0.15) is 18.9 Å². The molecular formula is C12H11N5S2. The number of rotatable bonds is 2. The molecule has 1 aliphatic rings. The summed E-state index contributed by atoms with van der Waals surface area (Å²) in [5.74, 6) is 0.841. The quantitative estimate of drug-likeness (QED) is 0.711. The minimum absolute atomic E-state index is 0.471. The molecule has 0 aromatic carbocycles. The molecule has 0 radical (unpaired) electrons. The maximum absolute atomic E-state index is 6.24. The van der Waals surface area contributed by atoms with Crippen molar-refractivity contribution in [1.82, 2.24) is 19.7 Å². The summed E-state index contributed by atoms with van der Waals surface area (Å²) in [5.41, 5.74) is 6.98. The highest BCUT2D eigenvalue weighted by atomic mass is 32.1. The predicted octanol–water partition coefficient (Wildman–Crippen LogP) is 3.13. The number of nitrogens with one attached hydrogen (secondary N) is 1. The molecule has 0 saturated heterocycles. The van der Waals surface area contributed by atoms with Crippen molar-refractivity contribution in [3.63, 3.8) is 0 Å². The Kier molecular flexibility index (Phi) is 2.27. The molecule has 0 spiro atoms. The molecule has 19 heavy (non-hydrogen) atoms. The summed E-state index contributed by atoms with van der Waals surface area (Å²) in [4.78, 5) is 6.24. The Morgan fingerprint density at radius 2 is 2.32 bits per heavy atom. The van der Waals surface area contributed by atoms with Crippen molar-refractivity contribution in [3.8, 4) is 10.7 Å². The molecule has 96 valence electrons. The topological polar surface area (TPSA) is 72.5 Å². The highest BCUT2D eigenvalue weighted by Crippen LogP contribution is 2.43. The SMILES string of the molecule is Nc1c(-c2n[nH]c(=S)n2C2CC2)sc2ncccc12. The van der Waals surface area contributed by atoms with Crippen LogP contribution in [-0.4, -0.2) is 19.7 Å². The molecule has 0 aliphatic heterocycles. The number of aromatic nitrogens is 4. The number of nitrogen functional groups attached to an aromatic ring is 1. The molecular weight excluding hydrogens is 278 g/mol. The van der Waals surface area contributed by atoms with Crippen LogP contribution in [0, 0.1) is 4.77 Å². The molecule has 0 amide bonds. The molecule has 1 saturated carbocycles. The van der Waals surface area contributed by atoms with Gasteiger partial charge in [0, 0.05) is 17.6 Å². The summed E-state index contributed by atoms with van der Waals surface area (Å²) in [6, 6.07) is 4.35. The fourth-order valence-corrected chi connectivity index (χ4v) is 3.58. The first-order valence-corrected chi connectivity index (χ1v) is 7.28. The third kappa shape index (κ3) is 1.62. The van der Waals surface area contributed by atoms with Crippen LogP contribution in [-0.2, 0) is 0 Å². The fraction of sp³-hybridized carbons (Fsp3) is 0.250. The fourth-order valence-electron chi connectivity index (χ4n) is 2.25. The first-order valence-electron chi connectivity index (χ1n) is 6.06. The normalized spacial score (nSPS) is 15.2. The summed E-state index contributed by atoms with van der Waals surface area (Å²) < 4.78 is 2.75. The van der Waals surface area contributed by atoms with Crippen LogP contribution in [0.15, 0.2) is 18.3 Å². The lowest BCUT2D eigenvalue weighted by Crippen LogP contribution is -1.98. The largest absolute Gasteiger partial charge is 0.397 e. The zero-order valence-corrected chi connectivity index (χ0v) is 11.6. The summed E-state index contributed by atoms with van der Waals surface area (Å²) in [7, 11) is 0. The van der Waals surface area contributed by atoms with Crippen LogP contribution in [0.3, 0.4) is 0 Å². The Labute approximate surface area is 118 Å². The molecule has 3 heterocycles. The lowest BCUT2D eigenvalue weighted by Gasteiger charge is -2.03. The van der Waals surface area contributed by atoms with Gasteiger partial charge >= 0.3 is 0 Å². The highest BCUT2D eigenvalue weighted by molar-refractivity contribution is 7.71. The monoisotopic (exact) mass is 289 g/mol. The van der Waals surface area contributed by atoms with Gasteiger partial charge in [0.25, 0.3) is 0 Å². The van der Waals surface area contributed by atoms with Crippen LogP contribution in [0.4, 0.5) is 5.69 Å². The Morgan fingerprint density at radius 3 is 3.05 bits per heavy atom. The average Bonchev–Trinajstić information content (AvgIpc) is 3.11. The van der Waals surface area contributed by atoms with Gasteiger partial charge in [-0.25, -0.2) is 4.98 Å². The third-order valence-electron chi connectivity index (χ3n) is 3.32. The van der Waals surface area contributed by atoms with E-state index in [0.717, 1.165) is 39.4 Å². The van der Waals surface area contributed by atoms with Gasteiger partial charge in [-0.3, -0.25) is 9.67 Å². The van der Waals surface area contributed by atoms with Gasteiger partial charge in [0.1, 0.15) is 4.83 Å². The second-order valence-corrected chi connectivity index (χ2v) is 6.04. The minimum Gasteiger partial charge on any atom is -0.397 e. The van der Waals surface area contributed by atoms with Crippen molar-refractivity contribution in [1.29, 1.82) is 0 Å². The Bertz CT molecular complexity index is 824. The second-order valence-electron chi connectivity index (χ2n) is 4.65. The summed E-state index contributed by atoms with van der Waals surface area (Å²) in [6.45, 7) is 0. The molecule has 0 bridgehead atoms. The van der Waals surface area contributed by atoms with Gasteiger partial charge in [0.05, 0.1) is 10.6 Å². The van der Waals surface area contributed by atoms with Crippen molar-refractivity contribution in [3.05, 3.63) is 23.1 Å².